The average molecular weight is 387 g/mol. The first kappa shape index (κ1) is 14.8. The van der Waals surface area contributed by atoms with E-state index in [2.05, 4.69) is 27.7 Å². The fraction of sp³-hybridized carbons (Fsp3) is 0.308. The van der Waals surface area contributed by atoms with E-state index in [1.54, 1.807) is 19.2 Å². The van der Waals surface area contributed by atoms with Crippen LogP contribution in [0.4, 0.5) is 5.69 Å². The van der Waals surface area contributed by atoms with Crippen LogP contribution in [0.5, 0.6) is 11.6 Å². The minimum absolute atomic E-state index is 0.0482. The molecule has 0 fully saturated rings. The number of aromatic nitrogens is 2. The lowest BCUT2D eigenvalue weighted by atomic mass is 10.2. The van der Waals surface area contributed by atoms with Crippen LogP contribution in [0.15, 0.2) is 24.3 Å². The quantitative estimate of drug-likeness (QED) is 0.446. The fourth-order valence-corrected chi connectivity index (χ4v) is 2.23. The van der Waals surface area contributed by atoms with Crippen molar-refractivity contribution in [3.63, 3.8) is 0 Å². The van der Waals surface area contributed by atoms with Crippen molar-refractivity contribution in [2.45, 2.75) is 19.8 Å². The van der Waals surface area contributed by atoms with Crippen molar-refractivity contribution in [1.29, 1.82) is 0 Å². The van der Waals surface area contributed by atoms with Gasteiger partial charge in [0.25, 0.3) is 5.88 Å². The highest BCUT2D eigenvalue weighted by molar-refractivity contribution is 14.1. The van der Waals surface area contributed by atoms with Gasteiger partial charge in [-0.05, 0) is 53.3 Å². The maximum absolute atomic E-state index is 11.2. The predicted molar refractivity (Wildman–Crippen MR) is 83.1 cm³/mol. The summed E-state index contributed by atoms with van der Waals surface area (Å²) < 4.78 is 8.13. The van der Waals surface area contributed by atoms with Crippen LogP contribution in [0.1, 0.15) is 19.0 Å². The van der Waals surface area contributed by atoms with Gasteiger partial charge in [-0.15, -0.1) is 0 Å². The zero-order chi connectivity index (χ0) is 14.7. The summed E-state index contributed by atoms with van der Waals surface area (Å²) in [6, 6.07) is 7.31. The number of benzene rings is 1. The molecule has 0 radical (unpaired) electrons. The molecule has 0 unspecified atom stereocenters. The average Bonchev–Trinajstić information content (AvgIpc) is 2.69. The molecule has 7 heteroatoms. The Hall–Kier alpha value is -1.64. The van der Waals surface area contributed by atoms with Gasteiger partial charge in [-0.1, -0.05) is 13.3 Å². The van der Waals surface area contributed by atoms with Crippen molar-refractivity contribution in [2.75, 3.05) is 0 Å². The molecule has 0 bridgehead atoms. The van der Waals surface area contributed by atoms with Gasteiger partial charge in [-0.2, -0.15) is 5.10 Å². The van der Waals surface area contributed by atoms with E-state index in [1.807, 2.05) is 19.1 Å². The Balaban J connectivity index is 2.39. The van der Waals surface area contributed by atoms with Crippen molar-refractivity contribution < 1.29 is 9.66 Å². The molecule has 106 valence electrons. The van der Waals surface area contributed by atoms with Crippen molar-refractivity contribution >= 4 is 28.3 Å². The number of nitrogens with zero attached hydrogens (tertiary/aromatic N) is 3. The molecule has 0 aliphatic heterocycles. The number of aryl methyl sites for hydroxylation is 2. The molecule has 0 amide bonds. The first-order valence-electron chi connectivity index (χ1n) is 6.16. The molecule has 2 rings (SSSR count). The van der Waals surface area contributed by atoms with Crippen LogP contribution in [-0.4, -0.2) is 14.7 Å². The number of halogens is 1. The summed E-state index contributed by atoms with van der Waals surface area (Å²) in [7, 11) is 1.65. The number of ether oxygens (including phenoxy) is 1. The first-order chi connectivity index (χ1) is 9.52. The van der Waals surface area contributed by atoms with E-state index in [1.165, 1.54) is 4.68 Å². The van der Waals surface area contributed by atoms with Crippen molar-refractivity contribution in [2.24, 2.45) is 7.05 Å². The topological polar surface area (TPSA) is 70.2 Å². The third-order valence-corrected chi connectivity index (χ3v) is 3.46. The maximum atomic E-state index is 11.2. The van der Waals surface area contributed by atoms with Crippen LogP contribution in [0.25, 0.3) is 0 Å². The van der Waals surface area contributed by atoms with Crippen LogP contribution < -0.4 is 4.74 Å². The van der Waals surface area contributed by atoms with Crippen molar-refractivity contribution in [3.8, 4) is 11.6 Å². The van der Waals surface area contributed by atoms with Gasteiger partial charge in [-0.3, -0.25) is 10.1 Å². The molecule has 0 aliphatic carbocycles. The Kier molecular flexibility index (Phi) is 4.58. The van der Waals surface area contributed by atoms with Gasteiger partial charge in [0.2, 0.25) is 0 Å². The Morgan fingerprint density at radius 2 is 2.05 bits per heavy atom. The summed E-state index contributed by atoms with van der Waals surface area (Å²) in [5, 5.41) is 15.4. The van der Waals surface area contributed by atoms with Crippen LogP contribution in [0, 0.1) is 13.7 Å². The van der Waals surface area contributed by atoms with E-state index < -0.39 is 4.92 Å². The highest BCUT2D eigenvalue weighted by Gasteiger charge is 2.28. The zero-order valence-electron chi connectivity index (χ0n) is 11.2. The molecule has 0 aliphatic rings. The lowest BCUT2D eigenvalue weighted by Gasteiger charge is -2.04. The summed E-state index contributed by atoms with van der Waals surface area (Å²) in [5.74, 6) is 0.722. The summed E-state index contributed by atoms with van der Waals surface area (Å²) in [6.45, 7) is 1.96. The SMILES string of the molecule is CCCc1nn(C)c(Oc2ccc(I)cc2)c1[N+](=O)[O-]. The van der Waals surface area contributed by atoms with E-state index in [-0.39, 0.29) is 11.6 Å². The number of rotatable bonds is 5. The molecule has 1 aromatic heterocycles. The lowest BCUT2D eigenvalue weighted by Crippen LogP contribution is -1.97. The minimum atomic E-state index is -0.431. The van der Waals surface area contributed by atoms with E-state index in [0.29, 0.717) is 17.9 Å². The summed E-state index contributed by atoms with van der Waals surface area (Å²) in [5.41, 5.74) is 0.411. The number of nitro groups is 1. The smallest absolute Gasteiger partial charge is 0.353 e. The second-order valence-electron chi connectivity index (χ2n) is 4.29. The van der Waals surface area contributed by atoms with Gasteiger partial charge in [0, 0.05) is 10.6 Å². The van der Waals surface area contributed by atoms with Gasteiger partial charge >= 0.3 is 5.69 Å². The highest BCUT2D eigenvalue weighted by Crippen LogP contribution is 2.34. The third-order valence-electron chi connectivity index (χ3n) is 2.74. The Bertz CT molecular complexity index is 623. The second-order valence-corrected chi connectivity index (χ2v) is 5.53. The van der Waals surface area contributed by atoms with Crippen LogP contribution >= 0.6 is 22.6 Å². The molecule has 1 heterocycles. The number of hydrogen-bond donors (Lipinski definition) is 0. The summed E-state index contributed by atoms with van der Waals surface area (Å²) in [6.07, 6.45) is 1.35. The third kappa shape index (κ3) is 3.09. The Labute approximate surface area is 130 Å². The molecule has 20 heavy (non-hydrogen) atoms. The van der Waals surface area contributed by atoms with Gasteiger partial charge in [0.05, 0.1) is 4.92 Å². The lowest BCUT2D eigenvalue weighted by molar-refractivity contribution is -0.386. The number of hydrogen-bond acceptors (Lipinski definition) is 4. The normalized spacial score (nSPS) is 10.6. The molecular weight excluding hydrogens is 373 g/mol. The van der Waals surface area contributed by atoms with Crippen LogP contribution in [0.3, 0.4) is 0 Å². The fourth-order valence-electron chi connectivity index (χ4n) is 1.87. The Morgan fingerprint density at radius 3 is 2.60 bits per heavy atom. The van der Waals surface area contributed by atoms with Crippen molar-refractivity contribution in [3.05, 3.63) is 43.6 Å². The minimum Gasteiger partial charge on any atom is -0.434 e. The zero-order valence-corrected chi connectivity index (χ0v) is 13.3. The maximum Gasteiger partial charge on any atom is 0.353 e. The van der Waals surface area contributed by atoms with Gasteiger partial charge < -0.3 is 4.74 Å². The molecular formula is C13H14IN3O3. The van der Waals surface area contributed by atoms with E-state index in [9.17, 15) is 10.1 Å². The van der Waals surface area contributed by atoms with Gasteiger partial charge in [0.15, 0.2) is 0 Å². The molecule has 2 aromatic rings. The van der Waals surface area contributed by atoms with E-state index in [0.717, 1.165) is 9.99 Å². The summed E-state index contributed by atoms with van der Waals surface area (Å²) >= 11 is 2.19. The summed E-state index contributed by atoms with van der Waals surface area (Å²) in [4.78, 5) is 10.8. The predicted octanol–water partition coefficient (Wildman–Crippen LogP) is 3.68. The van der Waals surface area contributed by atoms with Crippen LogP contribution in [0.2, 0.25) is 0 Å². The van der Waals surface area contributed by atoms with Crippen LogP contribution in [-0.2, 0) is 13.5 Å². The monoisotopic (exact) mass is 387 g/mol. The molecule has 0 saturated carbocycles. The highest BCUT2D eigenvalue weighted by atomic mass is 127. The molecule has 0 saturated heterocycles. The molecule has 6 nitrogen and oxygen atoms in total. The van der Waals surface area contributed by atoms with Gasteiger partial charge in [-0.25, -0.2) is 4.68 Å². The molecule has 0 atom stereocenters. The molecule has 0 N–H and O–H groups in total. The van der Waals surface area contributed by atoms with Gasteiger partial charge in [0.1, 0.15) is 11.4 Å². The molecule has 0 spiro atoms. The van der Waals surface area contributed by atoms with E-state index >= 15 is 0 Å². The largest absolute Gasteiger partial charge is 0.434 e. The standard InChI is InChI=1S/C13H14IN3O3/c1-3-4-11-12(17(18)19)13(16(2)15-11)20-10-7-5-9(14)6-8-10/h5-8H,3-4H2,1-2H3. The Morgan fingerprint density at radius 1 is 1.40 bits per heavy atom. The van der Waals surface area contributed by atoms with E-state index in [4.69, 9.17) is 4.74 Å². The second kappa shape index (κ2) is 6.21. The van der Waals surface area contributed by atoms with Crippen molar-refractivity contribution in [1.82, 2.24) is 9.78 Å². The molecule has 1 aromatic carbocycles. The first-order valence-corrected chi connectivity index (χ1v) is 7.24.